The van der Waals surface area contributed by atoms with Crippen molar-refractivity contribution in [2.45, 2.75) is 84.7 Å². The second kappa shape index (κ2) is 5.31. The number of aliphatic hydroxyl groups is 1. The number of aliphatic hydroxyl groups excluding tert-OH is 1. The molecule has 4 saturated carbocycles. The van der Waals surface area contributed by atoms with Crippen molar-refractivity contribution in [1.82, 2.24) is 0 Å². The van der Waals surface area contributed by atoms with Crippen LogP contribution >= 0.6 is 0 Å². The summed E-state index contributed by atoms with van der Waals surface area (Å²) in [5.41, 5.74) is 0.738. The molecular formula is C21H34O2. The molecule has 1 N–H and O–H groups in total. The Hall–Kier alpha value is -0.370. The first-order chi connectivity index (χ1) is 10.9. The fourth-order valence-corrected chi connectivity index (χ4v) is 7.87. The largest absolute Gasteiger partial charge is 0.385 e. The second-order valence-corrected chi connectivity index (χ2v) is 9.78. The zero-order chi connectivity index (χ0) is 16.4. The molecule has 0 aromatic rings. The van der Waals surface area contributed by atoms with Gasteiger partial charge in [-0.3, -0.25) is 4.79 Å². The van der Waals surface area contributed by atoms with E-state index in [-0.39, 0.29) is 11.2 Å². The molecule has 4 rings (SSSR count). The van der Waals surface area contributed by atoms with E-state index in [9.17, 15) is 9.90 Å². The van der Waals surface area contributed by atoms with Gasteiger partial charge in [-0.15, -0.1) is 0 Å². The van der Waals surface area contributed by atoms with Crippen LogP contribution in [-0.4, -0.2) is 17.0 Å². The minimum Gasteiger partial charge on any atom is -0.385 e. The van der Waals surface area contributed by atoms with E-state index in [2.05, 4.69) is 20.8 Å². The molecule has 4 aliphatic rings. The van der Waals surface area contributed by atoms with Crippen LogP contribution in [0.15, 0.2) is 0 Å². The molecule has 0 aromatic carbocycles. The van der Waals surface area contributed by atoms with E-state index in [0.29, 0.717) is 17.8 Å². The average Bonchev–Trinajstić information content (AvgIpc) is 2.85. The maximum Gasteiger partial charge on any atom is 0.161 e. The fraction of sp³-hybridized carbons (Fsp3) is 0.952. The first-order valence-corrected chi connectivity index (χ1v) is 10.1. The van der Waals surface area contributed by atoms with Gasteiger partial charge < -0.3 is 5.11 Å². The van der Waals surface area contributed by atoms with Crippen LogP contribution < -0.4 is 0 Å². The Morgan fingerprint density at radius 3 is 2.52 bits per heavy atom. The average molecular weight is 319 g/mol. The standard InChI is InChI=1S/C21H34O2/c1-4-13-6-8-16-15-7-5-14-11-18(22)19(23)12-21(14,3)17(15)9-10-20(13,16)2/h13-18,22H,4-12H2,1-3H3/t13-,14+,15-,16-,17-,18-,20+,21-/m0/s1. The minimum atomic E-state index is -0.672. The predicted octanol–water partition coefficient (Wildman–Crippen LogP) is 4.60. The van der Waals surface area contributed by atoms with Gasteiger partial charge in [0, 0.05) is 6.42 Å². The summed E-state index contributed by atoms with van der Waals surface area (Å²) in [6.45, 7) is 7.36. The summed E-state index contributed by atoms with van der Waals surface area (Å²) >= 11 is 0. The number of hydrogen-bond donors (Lipinski definition) is 1. The monoisotopic (exact) mass is 318 g/mol. The van der Waals surface area contributed by atoms with E-state index in [0.717, 1.165) is 30.1 Å². The highest BCUT2D eigenvalue weighted by atomic mass is 16.3. The smallest absolute Gasteiger partial charge is 0.161 e. The van der Waals surface area contributed by atoms with Crippen molar-refractivity contribution in [3.63, 3.8) is 0 Å². The zero-order valence-corrected chi connectivity index (χ0v) is 15.2. The molecule has 2 heteroatoms. The van der Waals surface area contributed by atoms with Gasteiger partial charge in [0.2, 0.25) is 0 Å². The summed E-state index contributed by atoms with van der Waals surface area (Å²) in [4.78, 5) is 12.3. The molecule has 0 heterocycles. The van der Waals surface area contributed by atoms with Crippen LogP contribution in [-0.2, 0) is 4.79 Å². The van der Waals surface area contributed by atoms with E-state index in [1.54, 1.807) is 0 Å². The van der Waals surface area contributed by atoms with E-state index in [1.807, 2.05) is 0 Å². The molecule has 0 radical (unpaired) electrons. The Morgan fingerprint density at radius 2 is 1.78 bits per heavy atom. The molecule has 4 fully saturated rings. The zero-order valence-electron chi connectivity index (χ0n) is 15.2. The molecular weight excluding hydrogens is 284 g/mol. The van der Waals surface area contributed by atoms with Crippen molar-refractivity contribution in [3.8, 4) is 0 Å². The molecule has 23 heavy (non-hydrogen) atoms. The highest BCUT2D eigenvalue weighted by Crippen LogP contribution is 2.67. The molecule has 0 unspecified atom stereocenters. The van der Waals surface area contributed by atoms with Crippen molar-refractivity contribution in [2.75, 3.05) is 0 Å². The number of carbonyl (C=O) groups excluding carboxylic acids is 1. The summed E-state index contributed by atoms with van der Waals surface area (Å²) in [7, 11) is 0. The van der Waals surface area contributed by atoms with Crippen molar-refractivity contribution < 1.29 is 9.90 Å². The SMILES string of the molecule is CC[C@H]1CC[C@H]2[C@@H]3CC[C@@H]4C[C@H](O)C(=O)C[C@]4(C)[C@H]3CC[C@]12C. The van der Waals surface area contributed by atoms with E-state index >= 15 is 0 Å². The quantitative estimate of drug-likeness (QED) is 0.767. The Bertz CT molecular complexity index is 500. The van der Waals surface area contributed by atoms with Crippen LogP contribution in [0.4, 0.5) is 0 Å². The van der Waals surface area contributed by atoms with Crippen molar-refractivity contribution in [2.24, 2.45) is 40.4 Å². The maximum absolute atomic E-state index is 12.3. The molecule has 8 atom stereocenters. The fourth-order valence-electron chi connectivity index (χ4n) is 7.87. The third-order valence-electron chi connectivity index (χ3n) is 9.19. The van der Waals surface area contributed by atoms with Gasteiger partial charge in [0.05, 0.1) is 0 Å². The van der Waals surface area contributed by atoms with Crippen molar-refractivity contribution in [3.05, 3.63) is 0 Å². The highest BCUT2D eigenvalue weighted by molar-refractivity contribution is 5.84. The van der Waals surface area contributed by atoms with E-state index < -0.39 is 6.10 Å². The lowest BCUT2D eigenvalue weighted by molar-refractivity contribution is -0.154. The molecule has 4 aliphatic carbocycles. The molecule has 2 nitrogen and oxygen atoms in total. The normalized spacial score (nSPS) is 55.9. The first-order valence-electron chi connectivity index (χ1n) is 10.1. The van der Waals surface area contributed by atoms with Crippen LogP contribution in [0.1, 0.15) is 78.6 Å². The number of ketones is 1. The molecule has 0 spiro atoms. The summed E-state index contributed by atoms with van der Waals surface area (Å²) in [5.74, 6) is 4.08. The van der Waals surface area contributed by atoms with Crippen LogP contribution in [0, 0.1) is 40.4 Å². The molecule has 0 saturated heterocycles. The first kappa shape index (κ1) is 16.1. The van der Waals surface area contributed by atoms with Gasteiger partial charge in [-0.25, -0.2) is 0 Å². The number of Topliss-reactive ketones (excluding diaryl/α,β-unsaturated/α-hetero) is 1. The summed E-state index contributed by atoms with van der Waals surface area (Å²) in [5, 5.41) is 10.0. The minimum absolute atomic E-state index is 0.121. The lowest BCUT2D eigenvalue weighted by Crippen LogP contribution is -2.55. The van der Waals surface area contributed by atoms with Gasteiger partial charge in [-0.1, -0.05) is 27.2 Å². The molecule has 130 valence electrons. The maximum atomic E-state index is 12.3. The van der Waals surface area contributed by atoms with Gasteiger partial charge >= 0.3 is 0 Å². The van der Waals surface area contributed by atoms with Crippen LogP contribution in [0.5, 0.6) is 0 Å². The third-order valence-corrected chi connectivity index (χ3v) is 9.19. The van der Waals surface area contributed by atoms with Gasteiger partial charge in [0.1, 0.15) is 6.10 Å². The van der Waals surface area contributed by atoms with E-state index in [4.69, 9.17) is 0 Å². The number of hydrogen-bond acceptors (Lipinski definition) is 2. The van der Waals surface area contributed by atoms with Gasteiger partial charge in [0.25, 0.3) is 0 Å². The summed E-state index contributed by atoms with van der Waals surface area (Å²) in [6.07, 6.45) is 10.2. The number of fused-ring (bicyclic) bond motifs is 5. The van der Waals surface area contributed by atoms with Crippen molar-refractivity contribution >= 4 is 5.78 Å². The van der Waals surface area contributed by atoms with Gasteiger partial charge in [-0.05, 0) is 85.4 Å². The second-order valence-electron chi connectivity index (χ2n) is 9.78. The lowest BCUT2D eigenvalue weighted by Gasteiger charge is -2.60. The Morgan fingerprint density at radius 1 is 1.04 bits per heavy atom. The number of carbonyl (C=O) groups is 1. The van der Waals surface area contributed by atoms with Gasteiger partial charge in [0.15, 0.2) is 5.78 Å². The Labute approximate surface area is 141 Å². The molecule has 0 amide bonds. The topological polar surface area (TPSA) is 37.3 Å². The summed E-state index contributed by atoms with van der Waals surface area (Å²) in [6, 6.07) is 0. The van der Waals surface area contributed by atoms with Crippen molar-refractivity contribution in [1.29, 1.82) is 0 Å². The molecule has 0 aliphatic heterocycles. The molecule has 0 bridgehead atoms. The van der Waals surface area contributed by atoms with Crippen LogP contribution in [0.25, 0.3) is 0 Å². The Kier molecular flexibility index (Phi) is 3.72. The van der Waals surface area contributed by atoms with Gasteiger partial charge in [-0.2, -0.15) is 0 Å². The van der Waals surface area contributed by atoms with E-state index in [1.165, 1.54) is 44.9 Å². The number of rotatable bonds is 1. The lowest BCUT2D eigenvalue weighted by atomic mass is 9.44. The molecule has 0 aromatic heterocycles. The highest BCUT2D eigenvalue weighted by Gasteiger charge is 2.60. The summed E-state index contributed by atoms with van der Waals surface area (Å²) < 4.78 is 0. The van der Waals surface area contributed by atoms with Crippen LogP contribution in [0.2, 0.25) is 0 Å². The predicted molar refractivity (Wildman–Crippen MR) is 91.9 cm³/mol. The van der Waals surface area contributed by atoms with Crippen LogP contribution in [0.3, 0.4) is 0 Å². The Balaban J connectivity index is 1.63. The third kappa shape index (κ3) is 2.12.